The van der Waals surface area contributed by atoms with E-state index in [9.17, 15) is 31.2 Å². The van der Waals surface area contributed by atoms with Gasteiger partial charge in [0.1, 0.15) is 9.84 Å². The van der Waals surface area contributed by atoms with E-state index in [0.717, 1.165) is 6.26 Å². The summed E-state index contributed by atoms with van der Waals surface area (Å²) in [5.41, 5.74) is -0.0872. The summed E-state index contributed by atoms with van der Waals surface area (Å²) in [4.78, 5) is 27.4. The van der Waals surface area contributed by atoms with Crippen LogP contribution < -0.4 is 15.2 Å². The van der Waals surface area contributed by atoms with E-state index in [1.165, 1.54) is 29.9 Å². The van der Waals surface area contributed by atoms with Gasteiger partial charge >= 0.3 is 17.8 Å². The highest BCUT2D eigenvalue weighted by Gasteiger charge is 2.30. The van der Waals surface area contributed by atoms with Crippen LogP contribution in [0.25, 0.3) is 11.0 Å². The summed E-state index contributed by atoms with van der Waals surface area (Å²) < 4.78 is 77.9. The van der Waals surface area contributed by atoms with E-state index in [-0.39, 0.29) is 16.6 Å². The number of halogens is 3. The lowest BCUT2D eigenvalue weighted by Gasteiger charge is -2.20. The molecule has 9 nitrogen and oxygen atoms in total. The van der Waals surface area contributed by atoms with E-state index in [1.807, 2.05) is 0 Å². The number of fused-ring (bicyclic) bond motifs is 1. The Morgan fingerprint density at radius 3 is 2.46 bits per heavy atom. The molecule has 1 aromatic heterocycles. The molecule has 0 amide bonds. The number of sulfone groups is 1. The van der Waals surface area contributed by atoms with Gasteiger partial charge in [0.15, 0.2) is 18.1 Å². The second kappa shape index (κ2) is 10.0. The van der Waals surface area contributed by atoms with Crippen LogP contribution in [0.5, 0.6) is 11.5 Å². The van der Waals surface area contributed by atoms with Crippen molar-refractivity contribution in [3.63, 3.8) is 0 Å². The van der Waals surface area contributed by atoms with Gasteiger partial charge in [-0.25, -0.2) is 18.0 Å². The molecule has 1 N–H and O–H groups in total. The fraction of sp³-hybridized carbons (Fsp3) is 0.364. The summed E-state index contributed by atoms with van der Waals surface area (Å²) in [5.74, 6) is -0.884. The van der Waals surface area contributed by atoms with E-state index >= 15 is 0 Å². The maximum absolute atomic E-state index is 12.9. The molecule has 1 heterocycles. The van der Waals surface area contributed by atoms with Crippen molar-refractivity contribution in [3.8, 4) is 11.5 Å². The number of benzene rings is 2. The van der Waals surface area contributed by atoms with Gasteiger partial charge < -0.3 is 19.2 Å². The second-order valence-electron chi connectivity index (χ2n) is 7.67. The summed E-state index contributed by atoms with van der Waals surface area (Å²) in [5, 5.41) is 0. The molecule has 0 saturated carbocycles. The van der Waals surface area contributed by atoms with Crippen molar-refractivity contribution in [1.82, 2.24) is 9.55 Å². The molecule has 0 aliphatic carbocycles. The number of carbonyl (C=O) groups excluding carboxylic acids is 1. The molecule has 3 aromatic rings. The third-order valence-electron chi connectivity index (χ3n) is 4.96. The van der Waals surface area contributed by atoms with E-state index in [4.69, 9.17) is 9.47 Å². The van der Waals surface area contributed by atoms with E-state index in [2.05, 4.69) is 9.72 Å². The van der Waals surface area contributed by atoms with E-state index < -0.39 is 46.1 Å². The van der Waals surface area contributed by atoms with Crippen LogP contribution in [-0.2, 0) is 14.6 Å². The Morgan fingerprint density at radius 2 is 1.86 bits per heavy atom. The number of nitrogens with one attached hydrogen (secondary N) is 1. The number of esters is 1. The Kier molecular flexibility index (Phi) is 7.48. The number of aromatic nitrogens is 2. The molecule has 35 heavy (non-hydrogen) atoms. The van der Waals surface area contributed by atoms with Crippen LogP contribution in [0, 0.1) is 0 Å². The number of hydrogen-bond acceptors (Lipinski definition) is 7. The number of nitrogens with zero attached hydrogens (tertiary/aromatic N) is 1. The van der Waals surface area contributed by atoms with E-state index in [0.29, 0.717) is 23.7 Å². The molecule has 2 aromatic carbocycles. The summed E-state index contributed by atoms with van der Waals surface area (Å²) in [7, 11) is -2.14. The molecule has 1 atom stereocenters. The van der Waals surface area contributed by atoms with E-state index in [1.54, 1.807) is 25.1 Å². The minimum Gasteiger partial charge on any atom is -0.493 e. The third-order valence-corrected chi connectivity index (χ3v) is 5.88. The molecular weight excluding hydrogens is 493 g/mol. The summed E-state index contributed by atoms with van der Waals surface area (Å²) in [6.07, 6.45) is -3.66. The van der Waals surface area contributed by atoms with Crippen LogP contribution in [-0.4, -0.2) is 62.4 Å². The summed E-state index contributed by atoms with van der Waals surface area (Å²) >= 11 is 0. The normalized spacial score (nSPS) is 13.0. The van der Waals surface area contributed by atoms with Gasteiger partial charge in [-0.1, -0.05) is 6.07 Å². The quantitative estimate of drug-likeness (QED) is 0.435. The van der Waals surface area contributed by atoms with Crippen molar-refractivity contribution in [2.45, 2.75) is 19.1 Å². The van der Waals surface area contributed by atoms with Gasteiger partial charge in [0.05, 0.1) is 42.1 Å². The highest BCUT2D eigenvalue weighted by atomic mass is 32.2. The van der Waals surface area contributed by atoms with Crippen LogP contribution in [0.2, 0.25) is 0 Å². The average Bonchev–Trinajstić information content (AvgIpc) is 3.09. The monoisotopic (exact) mass is 516 g/mol. The van der Waals surface area contributed by atoms with Crippen LogP contribution >= 0.6 is 0 Å². The Hall–Kier alpha value is -3.48. The first-order valence-corrected chi connectivity index (χ1v) is 12.4. The minimum atomic E-state index is -4.69. The molecule has 0 fully saturated rings. The van der Waals surface area contributed by atoms with Gasteiger partial charge in [0, 0.05) is 6.26 Å². The number of carbonyl (C=O) groups is 1. The van der Waals surface area contributed by atoms with Crippen molar-refractivity contribution >= 4 is 26.8 Å². The van der Waals surface area contributed by atoms with Crippen molar-refractivity contribution in [2.75, 3.05) is 32.3 Å². The standard InChI is InChI=1S/C22H23F3N2O7S/c1-4-33-19-10-13(6-8-18(19)32-2)17(11-35(3,30)31)27-16-7-5-14(9-15(16)26-21(27)29)20(28)34-12-22(23,24)25/h5-10,17H,4,11-12H2,1-3H3,(H,26,29)/t17-/m1/s1. The highest BCUT2D eigenvalue weighted by molar-refractivity contribution is 7.90. The van der Waals surface area contributed by atoms with Gasteiger partial charge in [-0.3, -0.25) is 4.57 Å². The zero-order chi connectivity index (χ0) is 26.0. The number of imidazole rings is 1. The van der Waals surface area contributed by atoms with Crippen LogP contribution in [0.1, 0.15) is 28.9 Å². The van der Waals surface area contributed by atoms with Crippen molar-refractivity contribution in [1.29, 1.82) is 0 Å². The van der Waals surface area contributed by atoms with Crippen LogP contribution in [0.3, 0.4) is 0 Å². The van der Waals surface area contributed by atoms with Crippen molar-refractivity contribution < 1.29 is 40.6 Å². The third kappa shape index (κ3) is 6.35. The molecule has 0 spiro atoms. The van der Waals surface area contributed by atoms with Gasteiger partial charge in [-0.15, -0.1) is 0 Å². The molecule has 0 aliphatic heterocycles. The Morgan fingerprint density at radius 1 is 1.14 bits per heavy atom. The zero-order valence-corrected chi connectivity index (χ0v) is 19.8. The van der Waals surface area contributed by atoms with Crippen LogP contribution in [0.4, 0.5) is 13.2 Å². The van der Waals surface area contributed by atoms with Crippen molar-refractivity contribution in [2.24, 2.45) is 0 Å². The van der Waals surface area contributed by atoms with Gasteiger partial charge in [-0.05, 0) is 42.8 Å². The fourth-order valence-electron chi connectivity index (χ4n) is 3.57. The minimum absolute atomic E-state index is 0.119. The molecule has 3 rings (SSSR count). The first-order chi connectivity index (χ1) is 16.3. The zero-order valence-electron chi connectivity index (χ0n) is 19.0. The number of hydrogen-bond donors (Lipinski definition) is 1. The molecule has 0 aliphatic rings. The molecule has 0 bridgehead atoms. The first kappa shape index (κ1) is 26.1. The van der Waals surface area contributed by atoms with Gasteiger partial charge in [0.25, 0.3) is 0 Å². The number of alkyl halides is 3. The number of ether oxygens (including phenoxy) is 3. The molecule has 13 heteroatoms. The molecular formula is C22H23F3N2O7S. The second-order valence-corrected chi connectivity index (χ2v) is 9.86. The first-order valence-electron chi connectivity index (χ1n) is 10.3. The summed E-state index contributed by atoms with van der Waals surface area (Å²) in [6.45, 7) is 0.329. The number of aromatic amines is 1. The predicted octanol–water partition coefficient (Wildman–Crippen LogP) is 3.09. The Balaban J connectivity index is 2.10. The van der Waals surface area contributed by atoms with Gasteiger partial charge in [0.2, 0.25) is 0 Å². The maximum atomic E-state index is 12.9. The maximum Gasteiger partial charge on any atom is 0.422 e. The van der Waals surface area contributed by atoms with Crippen LogP contribution in [0.15, 0.2) is 41.2 Å². The number of H-pyrrole nitrogens is 1. The largest absolute Gasteiger partial charge is 0.493 e. The highest BCUT2D eigenvalue weighted by Crippen LogP contribution is 2.33. The molecule has 0 unspecified atom stereocenters. The fourth-order valence-corrected chi connectivity index (χ4v) is 4.49. The van der Waals surface area contributed by atoms with Gasteiger partial charge in [-0.2, -0.15) is 13.2 Å². The molecule has 0 radical (unpaired) electrons. The molecule has 190 valence electrons. The lowest BCUT2D eigenvalue weighted by molar-refractivity contribution is -0.161. The smallest absolute Gasteiger partial charge is 0.422 e. The Labute approximate surface area is 198 Å². The SMILES string of the molecule is CCOc1cc([C@@H](CS(C)(=O)=O)n2c(=O)[nH]c3cc(C(=O)OCC(F)(F)F)ccc32)ccc1OC. The topological polar surface area (TPSA) is 117 Å². The molecule has 0 saturated heterocycles. The number of methoxy groups -OCH3 is 1. The lowest BCUT2D eigenvalue weighted by atomic mass is 10.1. The lowest BCUT2D eigenvalue weighted by Crippen LogP contribution is -2.28. The average molecular weight is 516 g/mol. The summed E-state index contributed by atoms with van der Waals surface area (Å²) in [6, 6.07) is 7.48. The Bertz CT molecular complexity index is 1390. The predicted molar refractivity (Wildman–Crippen MR) is 121 cm³/mol. The van der Waals surface area contributed by atoms with Crippen molar-refractivity contribution in [3.05, 3.63) is 58.0 Å². The number of rotatable bonds is 9.